The number of hydrogen-bond acceptors (Lipinski definition) is 3. The van der Waals surface area contributed by atoms with E-state index in [1.807, 2.05) is 0 Å². The first-order valence-electron chi connectivity index (χ1n) is 13.4. The number of carbonyl (C=O) groups excluding carboxylic acids is 1. The summed E-state index contributed by atoms with van der Waals surface area (Å²) in [4.78, 5) is 14.6. The molecule has 0 aliphatic carbocycles. The van der Waals surface area contributed by atoms with Crippen LogP contribution in [0.15, 0.2) is 16.9 Å². The monoisotopic (exact) mass is 436 g/mol. The Labute approximate surface area is 193 Å². The van der Waals surface area contributed by atoms with Gasteiger partial charge >= 0.3 is 0 Å². The normalized spacial score (nSPS) is 12.9. The number of aliphatic carboxylic acids is 1. The van der Waals surface area contributed by atoms with Crippen LogP contribution in [0, 0.1) is 0 Å². The first-order valence-corrected chi connectivity index (χ1v) is 13.4. The highest BCUT2D eigenvalue weighted by Crippen LogP contribution is 2.11. The lowest BCUT2D eigenvalue weighted by Gasteiger charge is -2.02. The average molecular weight is 437 g/mol. The standard InChI is InChI=1S/C15H28N2.C12H24O2/c1-3-4-5-6-7-8-9-10-11-12-15-16-13-14(2)17-15;1-2-3-4-5-6-7-8-9-10-11-12(13)14/h13H,3-12H2,1-2H3,(H,16,17);2-11H2,1H3,(H,13,14). The Balaban J connectivity index is 0.000000594. The van der Waals surface area contributed by atoms with E-state index in [1.54, 1.807) is 0 Å². The lowest BCUT2D eigenvalue weighted by molar-refractivity contribution is -0.460. The van der Waals surface area contributed by atoms with E-state index in [1.165, 1.54) is 115 Å². The highest BCUT2D eigenvalue weighted by molar-refractivity contribution is 5.75. The van der Waals surface area contributed by atoms with Crippen LogP contribution >= 0.6 is 0 Å². The van der Waals surface area contributed by atoms with Gasteiger partial charge in [0.15, 0.2) is 0 Å². The number of quaternary nitrogens is 1. The van der Waals surface area contributed by atoms with Gasteiger partial charge in [-0.05, 0) is 26.2 Å². The van der Waals surface area contributed by atoms with E-state index in [0.29, 0.717) is 0 Å². The summed E-state index contributed by atoms with van der Waals surface area (Å²) >= 11 is 0. The van der Waals surface area contributed by atoms with E-state index < -0.39 is 5.97 Å². The highest BCUT2D eigenvalue weighted by Gasteiger charge is 2.08. The fraction of sp³-hybridized carbons (Fsp3) is 0.852. The number of carbonyl (C=O) groups is 1. The molecule has 0 saturated heterocycles. The van der Waals surface area contributed by atoms with Gasteiger partial charge in [0.25, 0.3) is 0 Å². The third kappa shape index (κ3) is 23.3. The zero-order chi connectivity index (χ0) is 23.0. The smallest absolute Gasteiger partial charge is 0.204 e. The lowest BCUT2D eigenvalue weighted by Crippen LogP contribution is -2.80. The minimum absolute atomic E-state index is 0.232. The molecule has 1 aliphatic rings. The van der Waals surface area contributed by atoms with Crippen molar-refractivity contribution in [1.29, 1.82) is 0 Å². The number of carboxylic acid groups (broad SMARTS) is 1. The molecule has 0 fully saturated rings. The fourth-order valence-corrected chi connectivity index (χ4v) is 3.85. The van der Waals surface area contributed by atoms with Gasteiger partial charge in [-0.3, -0.25) is 5.32 Å². The van der Waals surface area contributed by atoms with Crippen molar-refractivity contribution in [2.45, 2.75) is 149 Å². The zero-order valence-electron chi connectivity index (χ0n) is 21.1. The Bertz CT molecular complexity index is 472. The number of unbranched alkanes of at least 4 members (excludes halogenated alkanes) is 16. The van der Waals surface area contributed by atoms with E-state index in [0.717, 1.165) is 18.5 Å². The second kappa shape index (κ2) is 23.5. The molecule has 31 heavy (non-hydrogen) atoms. The van der Waals surface area contributed by atoms with Crippen molar-refractivity contribution in [2.24, 2.45) is 4.99 Å². The van der Waals surface area contributed by atoms with Crippen LogP contribution in [0.4, 0.5) is 0 Å². The molecule has 4 heteroatoms. The molecule has 0 saturated carbocycles. The maximum Gasteiger partial charge on any atom is 0.204 e. The molecule has 0 amide bonds. The molecule has 0 unspecified atom stereocenters. The average Bonchev–Trinajstić information content (AvgIpc) is 3.16. The van der Waals surface area contributed by atoms with Gasteiger partial charge in [0.05, 0.1) is 5.70 Å². The summed E-state index contributed by atoms with van der Waals surface area (Å²) in [5.74, 6) is 0.374. The Morgan fingerprint density at radius 3 is 1.55 bits per heavy atom. The predicted molar refractivity (Wildman–Crippen MR) is 132 cm³/mol. The quantitative estimate of drug-likeness (QED) is 0.224. The molecule has 0 aromatic carbocycles. The van der Waals surface area contributed by atoms with Gasteiger partial charge in [0.1, 0.15) is 6.20 Å². The van der Waals surface area contributed by atoms with E-state index in [4.69, 9.17) is 0 Å². The summed E-state index contributed by atoms with van der Waals surface area (Å²) in [6.07, 6.45) is 27.1. The van der Waals surface area contributed by atoms with E-state index in [9.17, 15) is 9.90 Å². The summed E-state index contributed by atoms with van der Waals surface area (Å²) in [7, 11) is 0. The molecular formula is C27H52N2O2. The van der Waals surface area contributed by atoms with E-state index in [-0.39, 0.29) is 6.42 Å². The molecule has 0 bridgehead atoms. The molecule has 1 aliphatic heterocycles. The van der Waals surface area contributed by atoms with Crippen LogP contribution < -0.4 is 10.4 Å². The molecule has 0 aromatic heterocycles. The van der Waals surface area contributed by atoms with Gasteiger partial charge in [0.2, 0.25) is 5.84 Å². The minimum Gasteiger partial charge on any atom is -0.550 e. The number of allylic oxidation sites excluding steroid dienone is 1. The topological polar surface area (TPSA) is 69.1 Å². The highest BCUT2D eigenvalue weighted by atomic mass is 16.4. The SMILES string of the molecule is CCCCCCCCCCCC(=O)[O-].CCCCCCCCCCCC1=NC(C)=C[NH2+]1. The van der Waals surface area contributed by atoms with Crippen LogP contribution in [0.25, 0.3) is 0 Å². The molecule has 0 atom stereocenters. The molecule has 0 aromatic rings. The Hall–Kier alpha value is -1.16. The van der Waals surface area contributed by atoms with Crippen molar-refractivity contribution in [1.82, 2.24) is 0 Å². The molecule has 4 nitrogen and oxygen atoms in total. The fourth-order valence-electron chi connectivity index (χ4n) is 3.85. The molecule has 1 rings (SSSR count). The second-order valence-electron chi connectivity index (χ2n) is 9.11. The summed E-state index contributed by atoms with van der Waals surface area (Å²) in [5, 5.41) is 12.3. The van der Waals surface area contributed by atoms with E-state index in [2.05, 4.69) is 37.3 Å². The van der Waals surface area contributed by atoms with Crippen LogP contribution in [0.2, 0.25) is 0 Å². The molecule has 1 heterocycles. The molecular weight excluding hydrogens is 384 g/mol. The zero-order valence-corrected chi connectivity index (χ0v) is 21.1. The minimum atomic E-state index is -0.909. The van der Waals surface area contributed by atoms with Crippen LogP contribution in [-0.2, 0) is 4.79 Å². The maximum atomic E-state index is 10.1. The first kappa shape index (κ1) is 29.8. The van der Waals surface area contributed by atoms with Crippen molar-refractivity contribution in [3.05, 3.63) is 11.9 Å². The van der Waals surface area contributed by atoms with Crippen molar-refractivity contribution in [2.75, 3.05) is 0 Å². The number of aliphatic imine (C=N–C) groups is 1. The predicted octanol–water partition coefficient (Wildman–Crippen LogP) is 6.40. The lowest BCUT2D eigenvalue weighted by atomic mass is 10.1. The van der Waals surface area contributed by atoms with Gasteiger partial charge < -0.3 is 9.90 Å². The van der Waals surface area contributed by atoms with Gasteiger partial charge in [-0.15, -0.1) is 0 Å². The third-order valence-corrected chi connectivity index (χ3v) is 5.86. The van der Waals surface area contributed by atoms with Gasteiger partial charge in [-0.25, -0.2) is 0 Å². The number of amidine groups is 1. The Kier molecular flexibility index (Phi) is 22.6. The van der Waals surface area contributed by atoms with Crippen molar-refractivity contribution < 1.29 is 15.2 Å². The van der Waals surface area contributed by atoms with Gasteiger partial charge in [0, 0.05) is 12.4 Å². The van der Waals surface area contributed by atoms with Gasteiger partial charge in [-0.1, -0.05) is 117 Å². The number of nitrogens with zero attached hydrogens (tertiary/aromatic N) is 1. The maximum absolute atomic E-state index is 10.1. The van der Waals surface area contributed by atoms with Crippen molar-refractivity contribution in [3.8, 4) is 0 Å². The summed E-state index contributed by atoms with van der Waals surface area (Å²) in [5.41, 5.74) is 1.16. The van der Waals surface area contributed by atoms with Crippen molar-refractivity contribution >= 4 is 11.8 Å². The largest absolute Gasteiger partial charge is 0.550 e. The first-order chi connectivity index (χ1) is 15.1. The molecule has 0 radical (unpaired) electrons. The third-order valence-electron chi connectivity index (χ3n) is 5.86. The number of nitrogens with two attached hydrogens (primary N) is 1. The number of carboxylic acids is 1. The summed E-state index contributed by atoms with van der Waals surface area (Å²) in [6.45, 7) is 6.57. The molecule has 0 spiro atoms. The van der Waals surface area contributed by atoms with Crippen LogP contribution in [0.3, 0.4) is 0 Å². The number of hydrogen-bond donors (Lipinski definition) is 1. The molecule has 2 N–H and O–H groups in total. The summed E-state index contributed by atoms with van der Waals surface area (Å²) in [6, 6.07) is 0. The second-order valence-corrected chi connectivity index (χ2v) is 9.11. The van der Waals surface area contributed by atoms with Gasteiger partial charge in [-0.2, -0.15) is 4.99 Å². The number of rotatable bonds is 20. The van der Waals surface area contributed by atoms with Crippen LogP contribution in [-0.4, -0.2) is 11.8 Å². The Morgan fingerprint density at radius 2 is 1.16 bits per heavy atom. The summed E-state index contributed by atoms with van der Waals surface area (Å²) < 4.78 is 0. The molecule has 182 valence electrons. The van der Waals surface area contributed by atoms with E-state index >= 15 is 0 Å². The van der Waals surface area contributed by atoms with Crippen LogP contribution in [0.5, 0.6) is 0 Å². The Morgan fingerprint density at radius 1 is 0.742 bits per heavy atom. The van der Waals surface area contributed by atoms with Crippen LogP contribution in [0.1, 0.15) is 149 Å². The van der Waals surface area contributed by atoms with Crippen molar-refractivity contribution in [3.63, 3.8) is 0 Å².